The number of carbonyl (C=O) groups excluding carboxylic acids is 1. The van der Waals surface area contributed by atoms with Crippen LogP contribution in [0.1, 0.15) is 36.6 Å². The average Bonchev–Trinajstić information content (AvgIpc) is 3.23. The van der Waals surface area contributed by atoms with Gasteiger partial charge < -0.3 is 24.5 Å². The highest BCUT2D eigenvalue weighted by molar-refractivity contribution is 7.92. The van der Waals surface area contributed by atoms with Crippen molar-refractivity contribution in [1.82, 2.24) is 9.88 Å². The van der Waals surface area contributed by atoms with Crippen LogP contribution in [0.15, 0.2) is 72.8 Å². The van der Waals surface area contributed by atoms with Gasteiger partial charge in [-0.05, 0) is 73.4 Å². The Labute approximate surface area is 245 Å². The second-order valence-corrected chi connectivity index (χ2v) is 12.1. The van der Waals surface area contributed by atoms with E-state index >= 15 is 0 Å². The van der Waals surface area contributed by atoms with Crippen LogP contribution in [0.2, 0.25) is 5.02 Å². The van der Waals surface area contributed by atoms with Crippen molar-refractivity contribution in [2.24, 2.45) is 0 Å². The summed E-state index contributed by atoms with van der Waals surface area (Å²) in [5.41, 5.74) is 4.05. The Kier molecular flexibility index (Phi) is 9.93. The summed E-state index contributed by atoms with van der Waals surface area (Å²) in [5.74, 6) is 0.338. The Morgan fingerprint density at radius 3 is 2.46 bits per heavy atom. The third-order valence-corrected chi connectivity index (χ3v) is 7.25. The maximum atomic E-state index is 12.2. The summed E-state index contributed by atoms with van der Waals surface area (Å²) in [4.78, 5) is 12.2. The summed E-state index contributed by atoms with van der Waals surface area (Å²) in [6.45, 7) is 4.72. The van der Waals surface area contributed by atoms with Gasteiger partial charge in [-0.3, -0.25) is 4.72 Å². The van der Waals surface area contributed by atoms with Crippen molar-refractivity contribution in [1.29, 1.82) is 0 Å². The molecule has 1 aromatic heterocycles. The van der Waals surface area contributed by atoms with Crippen molar-refractivity contribution in [2.45, 2.75) is 39.0 Å². The number of nitrogens with zero attached hydrogens (tertiary/aromatic N) is 1. The fourth-order valence-electron chi connectivity index (χ4n) is 4.55. The summed E-state index contributed by atoms with van der Waals surface area (Å²) in [5, 5.41) is 15.4. The van der Waals surface area contributed by atoms with Gasteiger partial charge in [0.25, 0.3) is 0 Å². The molecule has 0 unspecified atom stereocenters. The largest absolute Gasteiger partial charge is 0.515 e. The highest BCUT2D eigenvalue weighted by Crippen LogP contribution is 2.29. The SMILES string of the molecule is CCOC(=O)Oc1cc2cc(C[C@@H](C)NC[C@H](O)c3cccc(Cl)c3)ccc2n1Cc1ccc(NS(C)(=O)=O)cc1. The second-order valence-electron chi connectivity index (χ2n) is 9.90. The van der Waals surface area contributed by atoms with E-state index in [0.29, 0.717) is 36.1 Å². The molecule has 0 saturated heterocycles. The molecule has 0 aliphatic heterocycles. The topological polar surface area (TPSA) is 119 Å². The lowest BCUT2D eigenvalue weighted by Crippen LogP contribution is -2.32. The first-order valence-electron chi connectivity index (χ1n) is 13.2. The van der Waals surface area contributed by atoms with Gasteiger partial charge in [0.05, 0.1) is 31.0 Å². The fraction of sp³-hybridized carbons (Fsp3) is 0.300. The molecule has 3 N–H and O–H groups in total. The third-order valence-electron chi connectivity index (χ3n) is 6.41. The number of fused-ring (bicyclic) bond motifs is 1. The van der Waals surface area contributed by atoms with E-state index in [1.807, 2.05) is 41.0 Å². The Morgan fingerprint density at radius 2 is 1.78 bits per heavy atom. The van der Waals surface area contributed by atoms with E-state index in [-0.39, 0.29) is 12.6 Å². The monoisotopic (exact) mass is 599 g/mol. The molecule has 1 heterocycles. The Bertz CT molecular complexity index is 1600. The Balaban J connectivity index is 1.50. The van der Waals surface area contributed by atoms with Gasteiger partial charge in [0.15, 0.2) is 0 Å². The van der Waals surface area contributed by atoms with Gasteiger partial charge in [0.2, 0.25) is 15.9 Å². The van der Waals surface area contributed by atoms with Crippen molar-refractivity contribution in [3.8, 4) is 5.88 Å². The van der Waals surface area contributed by atoms with Gasteiger partial charge in [-0.2, -0.15) is 0 Å². The van der Waals surface area contributed by atoms with Gasteiger partial charge in [-0.15, -0.1) is 0 Å². The molecule has 3 aromatic carbocycles. The van der Waals surface area contributed by atoms with Crippen molar-refractivity contribution < 1.29 is 27.8 Å². The molecule has 0 saturated carbocycles. The number of nitrogens with one attached hydrogen (secondary N) is 2. The van der Waals surface area contributed by atoms with Crippen molar-refractivity contribution in [3.05, 3.63) is 94.5 Å². The normalized spacial score (nSPS) is 13.1. The lowest BCUT2D eigenvalue weighted by molar-refractivity contribution is 0.101. The number of hydrogen-bond donors (Lipinski definition) is 3. The number of benzene rings is 3. The highest BCUT2D eigenvalue weighted by Gasteiger charge is 2.17. The maximum absolute atomic E-state index is 12.2. The zero-order valence-corrected chi connectivity index (χ0v) is 24.7. The Hall–Kier alpha value is -3.57. The summed E-state index contributed by atoms with van der Waals surface area (Å²) < 4.78 is 37.9. The van der Waals surface area contributed by atoms with Gasteiger partial charge in [-0.25, -0.2) is 13.2 Å². The minimum atomic E-state index is -3.38. The van der Waals surface area contributed by atoms with Crippen molar-refractivity contribution in [2.75, 3.05) is 24.1 Å². The zero-order valence-electron chi connectivity index (χ0n) is 23.1. The molecule has 0 amide bonds. The molecule has 9 nitrogen and oxygen atoms in total. The number of carbonyl (C=O) groups is 1. The van der Waals surface area contributed by atoms with Crippen molar-refractivity contribution >= 4 is 44.4 Å². The maximum Gasteiger partial charge on any atom is 0.515 e. The predicted molar refractivity (Wildman–Crippen MR) is 161 cm³/mol. The summed E-state index contributed by atoms with van der Waals surface area (Å²) in [6.07, 6.45) is 0.347. The van der Waals surface area contributed by atoms with Crippen LogP contribution in [0.4, 0.5) is 10.5 Å². The zero-order chi connectivity index (χ0) is 29.6. The van der Waals surface area contributed by atoms with Gasteiger partial charge in [0.1, 0.15) is 0 Å². The molecular formula is C30H34ClN3O6S. The lowest BCUT2D eigenvalue weighted by Gasteiger charge is -2.18. The van der Waals surface area contributed by atoms with Gasteiger partial charge in [0, 0.05) is 34.7 Å². The number of ether oxygens (including phenoxy) is 2. The summed E-state index contributed by atoms with van der Waals surface area (Å²) in [6, 6.07) is 22.1. The van der Waals surface area contributed by atoms with E-state index in [1.165, 1.54) is 0 Å². The smallest absolute Gasteiger partial charge is 0.434 e. The number of rotatable bonds is 12. The molecule has 0 aliphatic rings. The molecule has 4 rings (SSSR count). The summed E-state index contributed by atoms with van der Waals surface area (Å²) in [7, 11) is -3.38. The number of aliphatic hydroxyl groups is 1. The molecule has 41 heavy (non-hydrogen) atoms. The van der Waals surface area contributed by atoms with Gasteiger partial charge in [-0.1, -0.05) is 41.9 Å². The fourth-order valence-corrected chi connectivity index (χ4v) is 5.31. The quantitative estimate of drug-likeness (QED) is 0.184. The third kappa shape index (κ3) is 8.71. The minimum absolute atomic E-state index is 0.0812. The van der Waals surface area contributed by atoms with Crippen LogP contribution in [0.5, 0.6) is 5.88 Å². The molecule has 218 valence electrons. The predicted octanol–water partition coefficient (Wildman–Crippen LogP) is 5.50. The first-order valence-corrected chi connectivity index (χ1v) is 15.5. The Morgan fingerprint density at radius 1 is 1.05 bits per heavy atom. The molecule has 0 fully saturated rings. The molecular weight excluding hydrogens is 566 g/mol. The molecule has 0 aliphatic carbocycles. The molecule has 4 aromatic rings. The van der Waals surface area contributed by atoms with E-state index < -0.39 is 22.3 Å². The molecule has 0 bridgehead atoms. The number of sulfonamides is 1. The number of hydrogen-bond acceptors (Lipinski definition) is 7. The van der Waals surface area contributed by atoms with Gasteiger partial charge >= 0.3 is 6.16 Å². The summed E-state index contributed by atoms with van der Waals surface area (Å²) >= 11 is 6.05. The van der Waals surface area contributed by atoms with E-state index in [4.69, 9.17) is 21.1 Å². The minimum Gasteiger partial charge on any atom is -0.434 e. The average molecular weight is 600 g/mol. The first kappa shape index (κ1) is 30.4. The van der Waals surface area contributed by atoms with Crippen LogP contribution in [0.3, 0.4) is 0 Å². The van der Waals surface area contributed by atoms with Crippen LogP contribution in [-0.2, 0) is 27.7 Å². The van der Waals surface area contributed by atoms with Crippen LogP contribution in [0.25, 0.3) is 10.9 Å². The second kappa shape index (κ2) is 13.4. The van der Waals surface area contributed by atoms with Crippen molar-refractivity contribution in [3.63, 3.8) is 0 Å². The first-order chi connectivity index (χ1) is 19.5. The molecule has 0 radical (unpaired) electrons. The van der Waals surface area contributed by atoms with E-state index in [1.54, 1.807) is 37.3 Å². The number of aliphatic hydroxyl groups excluding tert-OH is 1. The molecule has 2 atom stereocenters. The number of halogens is 1. The standard InChI is InChI=1S/C30H34ClN3O6S/c1-4-39-30(36)40-29-17-24-15-22(14-20(2)32-18-28(35)23-6-5-7-25(31)16-23)10-13-27(24)34(29)19-21-8-11-26(12-9-21)33-41(3,37)38/h5-13,15-17,20,28,32-33,35H,4,14,18-19H2,1-3H3/t20-,28+/m1/s1. The van der Waals surface area contributed by atoms with Crippen LogP contribution in [0, 0.1) is 0 Å². The lowest BCUT2D eigenvalue weighted by atomic mass is 10.0. The van der Waals surface area contributed by atoms with Crippen LogP contribution < -0.4 is 14.8 Å². The van der Waals surface area contributed by atoms with E-state index in [2.05, 4.69) is 23.0 Å². The molecule has 11 heteroatoms. The number of anilines is 1. The number of aromatic nitrogens is 1. The molecule has 0 spiro atoms. The van der Waals surface area contributed by atoms with E-state index in [0.717, 1.165) is 33.8 Å². The van der Waals surface area contributed by atoms with Crippen LogP contribution in [-0.4, -0.2) is 49.7 Å². The van der Waals surface area contributed by atoms with Crippen LogP contribution >= 0.6 is 11.6 Å². The van der Waals surface area contributed by atoms with E-state index in [9.17, 15) is 18.3 Å². The highest BCUT2D eigenvalue weighted by atomic mass is 35.5.